The van der Waals surface area contributed by atoms with Gasteiger partial charge in [0.25, 0.3) is 0 Å². The topological polar surface area (TPSA) is 66.8 Å². The summed E-state index contributed by atoms with van der Waals surface area (Å²) in [5, 5.41) is 9.33. The molecular formula is C29H30F5NO4. The number of nitrogens with zero attached hydrogens (tertiary/aromatic N) is 1. The summed E-state index contributed by atoms with van der Waals surface area (Å²) in [6, 6.07) is 9.78. The minimum Gasteiger partial charge on any atom is -0.493 e. The number of hydrogen-bond acceptors (Lipinski definition) is 3. The fourth-order valence-corrected chi connectivity index (χ4v) is 6.52. The predicted molar refractivity (Wildman–Crippen MR) is 131 cm³/mol. The van der Waals surface area contributed by atoms with Gasteiger partial charge in [-0.1, -0.05) is 24.3 Å². The Balaban J connectivity index is 1.47. The molecule has 3 aliphatic rings. The van der Waals surface area contributed by atoms with E-state index in [0.29, 0.717) is 57.7 Å². The number of halogens is 5. The minimum atomic E-state index is -5.10. The van der Waals surface area contributed by atoms with Crippen LogP contribution in [0.1, 0.15) is 49.3 Å². The van der Waals surface area contributed by atoms with Gasteiger partial charge in [0.05, 0.1) is 12.5 Å². The Bertz CT molecular complexity index is 1260. The van der Waals surface area contributed by atoms with Gasteiger partial charge in [-0.25, -0.2) is 8.78 Å². The maximum atomic E-state index is 14.8. The van der Waals surface area contributed by atoms with Crippen LogP contribution in [0.4, 0.5) is 22.0 Å². The van der Waals surface area contributed by atoms with Gasteiger partial charge in [-0.05, 0) is 62.8 Å². The third kappa shape index (κ3) is 4.87. The standard InChI is InChI=1S/C29H30F5NO4/c1-27(31,29(32,33)34)20-6-9-23-24(13-20)39-16-21-15-35(25(36)18-4-5-19(12-18)26(37)38)11-10-28(21,23)14-17-2-7-22(30)8-3-17/h2-3,6-9,13,18-19,21H,4-5,10-12,14-16H2,1H3,(H,37,38). The first-order valence-corrected chi connectivity index (χ1v) is 13.1. The van der Waals surface area contributed by atoms with Gasteiger partial charge >= 0.3 is 12.1 Å². The molecule has 5 atom stereocenters. The normalized spacial score (nSPS) is 28.2. The fourth-order valence-electron chi connectivity index (χ4n) is 6.52. The quantitative estimate of drug-likeness (QED) is 0.478. The van der Waals surface area contributed by atoms with Crippen molar-refractivity contribution in [3.05, 3.63) is 65.0 Å². The van der Waals surface area contributed by atoms with Gasteiger partial charge in [-0.3, -0.25) is 9.59 Å². The molecule has 2 fully saturated rings. The van der Waals surface area contributed by atoms with Gasteiger partial charge in [0.1, 0.15) is 11.6 Å². The molecule has 5 nitrogen and oxygen atoms in total. The van der Waals surface area contributed by atoms with Crippen LogP contribution < -0.4 is 4.74 Å². The molecule has 1 amide bonds. The molecule has 39 heavy (non-hydrogen) atoms. The number of benzene rings is 2. The van der Waals surface area contributed by atoms with Crippen molar-refractivity contribution in [2.24, 2.45) is 17.8 Å². The molecule has 2 aliphatic heterocycles. The Labute approximate surface area is 222 Å². The first kappa shape index (κ1) is 27.4. The van der Waals surface area contributed by atoms with Crippen molar-refractivity contribution in [2.75, 3.05) is 19.7 Å². The van der Waals surface area contributed by atoms with Crippen LogP contribution in [0.3, 0.4) is 0 Å². The summed E-state index contributed by atoms with van der Waals surface area (Å²) in [7, 11) is 0. The molecule has 5 rings (SSSR count). The number of amides is 1. The minimum absolute atomic E-state index is 0.0892. The molecule has 0 radical (unpaired) electrons. The van der Waals surface area contributed by atoms with Crippen molar-refractivity contribution in [1.29, 1.82) is 0 Å². The second kappa shape index (κ2) is 9.78. The number of piperidine rings is 1. The number of hydrogen-bond donors (Lipinski definition) is 1. The smallest absolute Gasteiger partial charge is 0.426 e. The zero-order valence-corrected chi connectivity index (χ0v) is 21.4. The number of aliphatic carboxylic acids is 1. The number of carbonyl (C=O) groups is 2. The molecule has 0 spiro atoms. The highest BCUT2D eigenvalue weighted by Crippen LogP contribution is 2.52. The van der Waals surface area contributed by atoms with Gasteiger partial charge in [0, 0.05) is 41.5 Å². The van der Waals surface area contributed by atoms with E-state index in [-0.39, 0.29) is 30.1 Å². The zero-order valence-electron chi connectivity index (χ0n) is 21.4. The van der Waals surface area contributed by atoms with Crippen LogP contribution >= 0.6 is 0 Å². The van der Waals surface area contributed by atoms with E-state index in [1.54, 1.807) is 17.0 Å². The van der Waals surface area contributed by atoms with Crippen LogP contribution in [-0.2, 0) is 27.1 Å². The fraction of sp³-hybridized carbons (Fsp3) is 0.517. The van der Waals surface area contributed by atoms with Crippen molar-refractivity contribution < 1.29 is 41.4 Å². The second-order valence-electron chi connectivity index (χ2n) is 11.3. The number of carbonyl (C=O) groups excluding carboxylic acids is 1. The Kier molecular flexibility index (Phi) is 6.87. The molecule has 2 aromatic carbocycles. The van der Waals surface area contributed by atoms with Crippen LogP contribution in [0.5, 0.6) is 5.75 Å². The van der Waals surface area contributed by atoms with Gasteiger partial charge in [0.15, 0.2) is 0 Å². The number of carboxylic acids is 1. The highest BCUT2D eigenvalue weighted by Gasteiger charge is 2.55. The van der Waals surface area contributed by atoms with Crippen LogP contribution in [0, 0.1) is 23.6 Å². The molecule has 210 valence electrons. The first-order chi connectivity index (χ1) is 18.3. The van der Waals surface area contributed by atoms with Crippen molar-refractivity contribution >= 4 is 11.9 Å². The number of alkyl halides is 4. The van der Waals surface area contributed by atoms with Crippen molar-refractivity contribution in [3.63, 3.8) is 0 Å². The summed E-state index contributed by atoms with van der Waals surface area (Å²) >= 11 is 0. The van der Waals surface area contributed by atoms with Crippen molar-refractivity contribution in [2.45, 2.75) is 56.3 Å². The molecule has 0 bridgehead atoms. The maximum Gasteiger partial charge on any atom is 0.426 e. The average molecular weight is 552 g/mol. The Morgan fingerprint density at radius 1 is 1.08 bits per heavy atom. The van der Waals surface area contributed by atoms with Crippen LogP contribution in [0.15, 0.2) is 42.5 Å². The summed E-state index contributed by atoms with van der Waals surface area (Å²) in [6.07, 6.45) is -2.91. The molecule has 1 N–H and O–H groups in total. The number of rotatable bonds is 5. The summed E-state index contributed by atoms with van der Waals surface area (Å²) in [5.74, 6) is -2.32. The second-order valence-corrected chi connectivity index (χ2v) is 11.3. The van der Waals surface area contributed by atoms with Crippen molar-refractivity contribution in [1.82, 2.24) is 4.90 Å². The molecular weight excluding hydrogens is 521 g/mol. The molecule has 1 saturated heterocycles. The van der Waals surface area contributed by atoms with Crippen LogP contribution in [0.25, 0.3) is 0 Å². The molecule has 10 heteroatoms. The maximum absolute atomic E-state index is 14.8. The lowest BCUT2D eigenvalue weighted by atomic mass is 9.61. The van der Waals surface area contributed by atoms with Crippen LogP contribution in [0.2, 0.25) is 0 Å². The third-order valence-electron chi connectivity index (χ3n) is 8.96. The van der Waals surface area contributed by atoms with E-state index in [4.69, 9.17) is 4.74 Å². The number of likely N-dealkylation sites (tertiary alicyclic amines) is 1. The summed E-state index contributed by atoms with van der Waals surface area (Å²) in [6.45, 7) is 1.30. The molecule has 0 aromatic heterocycles. The first-order valence-electron chi connectivity index (χ1n) is 13.1. The molecule has 2 aromatic rings. The number of fused-ring (bicyclic) bond motifs is 3. The van der Waals surface area contributed by atoms with E-state index < -0.39 is 40.5 Å². The van der Waals surface area contributed by atoms with Gasteiger partial charge in [-0.15, -0.1) is 0 Å². The highest BCUT2D eigenvalue weighted by atomic mass is 19.4. The molecule has 1 saturated carbocycles. The Morgan fingerprint density at radius 3 is 2.41 bits per heavy atom. The van der Waals surface area contributed by atoms with Gasteiger partial charge in [0.2, 0.25) is 11.6 Å². The van der Waals surface area contributed by atoms with E-state index in [1.165, 1.54) is 18.2 Å². The zero-order chi connectivity index (χ0) is 28.2. The SMILES string of the molecule is CC(F)(c1ccc2c(c1)OCC1CN(C(=O)C3CCC(C(=O)O)C3)CCC21Cc1ccc(F)cc1)C(F)(F)F. The molecule has 2 heterocycles. The third-order valence-corrected chi connectivity index (χ3v) is 8.96. The lowest BCUT2D eigenvalue weighted by molar-refractivity contribution is -0.228. The van der Waals surface area contributed by atoms with E-state index in [2.05, 4.69) is 0 Å². The summed E-state index contributed by atoms with van der Waals surface area (Å²) in [4.78, 5) is 26.5. The van der Waals surface area contributed by atoms with Gasteiger partial charge < -0.3 is 14.7 Å². The number of carboxylic acid groups (broad SMARTS) is 1. The number of ether oxygens (including phenoxy) is 1. The Morgan fingerprint density at radius 2 is 1.77 bits per heavy atom. The van der Waals surface area contributed by atoms with E-state index in [1.807, 2.05) is 0 Å². The lowest BCUT2D eigenvalue weighted by Gasteiger charge is -2.51. The highest BCUT2D eigenvalue weighted by molar-refractivity contribution is 5.81. The summed E-state index contributed by atoms with van der Waals surface area (Å²) < 4.78 is 74.6. The Hall–Kier alpha value is -3.17. The average Bonchev–Trinajstić information content (AvgIpc) is 3.39. The van der Waals surface area contributed by atoms with E-state index in [9.17, 15) is 36.6 Å². The monoisotopic (exact) mass is 551 g/mol. The van der Waals surface area contributed by atoms with Gasteiger partial charge in [-0.2, -0.15) is 13.2 Å². The predicted octanol–water partition coefficient (Wildman–Crippen LogP) is 5.80. The van der Waals surface area contributed by atoms with E-state index in [0.717, 1.165) is 17.7 Å². The van der Waals surface area contributed by atoms with Crippen LogP contribution in [-0.4, -0.2) is 47.8 Å². The lowest BCUT2D eigenvalue weighted by Crippen LogP contribution is -2.57. The molecule has 1 aliphatic carbocycles. The largest absolute Gasteiger partial charge is 0.493 e. The summed E-state index contributed by atoms with van der Waals surface area (Å²) in [5.41, 5.74) is -3.28. The van der Waals surface area contributed by atoms with Crippen molar-refractivity contribution in [3.8, 4) is 5.75 Å². The molecule has 5 unspecified atom stereocenters. The van der Waals surface area contributed by atoms with E-state index >= 15 is 0 Å².